The van der Waals surface area contributed by atoms with Crippen LogP contribution in [-0.2, 0) is 20.7 Å². The number of likely N-dealkylation sites (tertiary alicyclic amines) is 1. The first-order valence-electron chi connectivity index (χ1n) is 9.01. The van der Waals surface area contributed by atoms with Gasteiger partial charge in [-0.05, 0) is 33.1 Å². The van der Waals surface area contributed by atoms with Crippen LogP contribution in [0.25, 0.3) is 0 Å². The van der Waals surface area contributed by atoms with E-state index in [-0.39, 0.29) is 12.3 Å². The highest BCUT2D eigenvalue weighted by molar-refractivity contribution is 5.85. The predicted molar refractivity (Wildman–Crippen MR) is 95.4 cm³/mol. The number of hydrogen-bond acceptors (Lipinski definition) is 5. The molecule has 6 nitrogen and oxygen atoms in total. The normalized spacial score (nSPS) is 15.5. The third-order valence-corrected chi connectivity index (χ3v) is 4.75. The van der Waals surface area contributed by atoms with E-state index in [1.54, 1.807) is 18.7 Å². The van der Waals surface area contributed by atoms with Gasteiger partial charge in [0, 0.05) is 24.2 Å². The highest BCUT2D eigenvalue weighted by Gasteiger charge is 2.30. The van der Waals surface area contributed by atoms with Gasteiger partial charge in [-0.2, -0.15) is 0 Å². The molecular weight excluding hydrogens is 332 g/mol. The topological polar surface area (TPSA) is 72.6 Å². The van der Waals surface area contributed by atoms with E-state index in [4.69, 9.17) is 9.26 Å². The second-order valence-corrected chi connectivity index (χ2v) is 6.65. The van der Waals surface area contributed by atoms with Crippen LogP contribution < -0.4 is 0 Å². The molecule has 2 heterocycles. The zero-order valence-corrected chi connectivity index (χ0v) is 15.2. The Bertz CT molecular complexity index is 744. The number of carbonyl (C=O) groups excluding carboxylic acids is 2. The maximum absolute atomic E-state index is 13.0. The van der Waals surface area contributed by atoms with Crippen molar-refractivity contribution in [3.63, 3.8) is 0 Å². The van der Waals surface area contributed by atoms with Gasteiger partial charge in [0.2, 0.25) is 6.10 Å². The number of nitrogens with zero attached hydrogens (tertiary/aromatic N) is 2. The predicted octanol–water partition coefficient (Wildman–Crippen LogP) is 3.13. The van der Waals surface area contributed by atoms with E-state index >= 15 is 0 Å². The van der Waals surface area contributed by atoms with Gasteiger partial charge in [-0.25, -0.2) is 0 Å². The van der Waals surface area contributed by atoms with Crippen LogP contribution in [0.15, 0.2) is 34.9 Å². The van der Waals surface area contributed by atoms with Crippen LogP contribution >= 0.6 is 0 Å². The summed E-state index contributed by atoms with van der Waals surface area (Å²) in [5.41, 5.74) is 2.07. The lowest BCUT2D eigenvalue weighted by atomic mass is 10.1. The van der Waals surface area contributed by atoms with E-state index in [0.717, 1.165) is 19.3 Å². The average Bonchev–Trinajstić information content (AvgIpc) is 2.99. The minimum Gasteiger partial charge on any atom is -0.447 e. The SMILES string of the molecule is Cc1noc(C)c1CC(=O)OC(C(=O)N1CCCCC1)c1ccccc1. The van der Waals surface area contributed by atoms with Gasteiger partial charge in [-0.1, -0.05) is 35.5 Å². The Morgan fingerprint density at radius 2 is 1.85 bits per heavy atom. The maximum atomic E-state index is 13.0. The molecule has 2 aromatic rings. The Morgan fingerprint density at radius 1 is 1.15 bits per heavy atom. The number of esters is 1. The molecule has 1 fully saturated rings. The van der Waals surface area contributed by atoms with E-state index in [1.165, 1.54) is 0 Å². The number of hydrogen-bond donors (Lipinski definition) is 0. The highest BCUT2D eigenvalue weighted by Crippen LogP contribution is 2.24. The molecule has 1 aliphatic heterocycles. The molecule has 1 saturated heterocycles. The molecule has 1 aromatic carbocycles. The lowest BCUT2D eigenvalue weighted by molar-refractivity contribution is -0.161. The van der Waals surface area contributed by atoms with Crippen LogP contribution in [0.3, 0.4) is 0 Å². The molecule has 6 heteroatoms. The number of carbonyl (C=O) groups is 2. The fourth-order valence-electron chi connectivity index (χ4n) is 3.24. The van der Waals surface area contributed by atoms with Gasteiger partial charge < -0.3 is 14.2 Å². The van der Waals surface area contributed by atoms with Crippen molar-refractivity contribution in [3.8, 4) is 0 Å². The van der Waals surface area contributed by atoms with Crippen molar-refractivity contribution in [2.75, 3.05) is 13.1 Å². The van der Waals surface area contributed by atoms with Crippen LogP contribution in [0.4, 0.5) is 0 Å². The summed E-state index contributed by atoms with van der Waals surface area (Å²) < 4.78 is 10.7. The molecule has 0 spiro atoms. The molecule has 26 heavy (non-hydrogen) atoms. The Morgan fingerprint density at radius 3 is 2.46 bits per heavy atom. The van der Waals surface area contributed by atoms with Crippen LogP contribution in [0.1, 0.15) is 47.9 Å². The Hall–Kier alpha value is -2.63. The van der Waals surface area contributed by atoms with Crippen molar-refractivity contribution in [3.05, 3.63) is 52.9 Å². The van der Waals surface area contributed by atoms with Crippen LogP contribution in [0.2, 0.25) is 0 Å². The van der Waals surface area contributed by atoms with Gasteiger partial charge >= 0.3 is 5.97 Å². The maximum Gasteiger partial charge on any atom is 0.311 e. The van der Waals surface area contributed by atoms with E-state index in [9.17, 15) is 9.59 Å². The van der Waals surface area contributed by atoms with E-state index in [0.29, 0.717) is 35.7 Å². The summed E-state index contributed by atoms with van der Waals surface area (Å²) in [5.74, 6) is -0.0142. The molecule has 0 N–H and O–H groups in total. The molecule has 1 atom stereocenters. The summed E-state index contributed by atoms with van der Waals surface area (Å²) in [6.45, 7) is 4.97. The molecule has 1 aromatic heterocycles. The zero-order chi connectivity index (χ0) is 18.5. The van der Waals surface area contributed by atoms with Gasteiger partial charge in [0.15, 0.2) is 0 Å². The summed E-state index contributed by atoms with van der Waals surface area (Å²) in [6, 6.07) is 9.19. The van der Waals surface area contributed by atoms with Crippen molar-refractivity contribution < 1.29 is 18.8 Å². The van der Waals surface area contributed by atoms with E-state index < -0.39 is 12.1 Å². The second kappa shape index (κ2) is 8.17. The molecule has 1 amide bonds. The first-order valence-corrected chi connectivity index (χ1v) is 9.01. The third-order valence-electron chi connectivity index (χ3n) is 4.75. The number of aryl methyl sites for hydroxylation is 2. The summed E-state index contributed by atoms with van der Waals surface area (Å²) in [6.07, 6.45) is 2.23. The summed E-state index contributed by atoms with van der Waals surface area (Å²) in [5, 5.41) is 3.86. The van der Waals surface area contributed by atoms with Crippen LogP contribution in [0.5, 0.6) is 0 Å². The first kappa shape index (κ1) is 18.2. The molecule has 0 saturated carbocycles. The van der Waals surface area contributed by atoms with Crippen molar-refractivity contribution in [1.82, 2.24) is 10.1 Å². The largest absolute Gasteiger partial charge is 0.447 e. The zero-order valence-electron chi connectivity index (χ0n) is 15.2. The first-order chi connectivity index (χ1) is 12.6. The summed E-state index contributed by atoms with van der Waals surface area (Å²) in [7, 11) is 0. The van der Waals surface area contributed by atoms with Crippen molar-refractivity contribution >= 4 is 11.9 Å². The average molecular weight is 356 g/mol. The molecular formula is C20H24N2O4. The molecule has 138 valence electrons. The number of benzene rings is 1. The van der Waals surface area contributed by atoms with E-state index in [2.05, 4.69) is 5.16 Å². The second-order valence-electron chi connectivity index (χ2n) is 6.65. The molecule has 0 aliphatic carbocycles. The third kappa shape index (κ3) is 4.12. The number of aromatic nitrogens is 1. The number of ether oxygens (including phenoxy) is 1. The van der Waals surface area contributed by atoms with Crippen molar-refractivity contribution in [1.29, 1.82) is 0 Å². The quantitative estimate of drug-likeness (QED) is 0.770. The van der Waals surface area contributed by atoms with Gasteiger partial charge in [-0.15, -0.1) is 0 Å². The van der Waals surface area contributed by atoms with Crippen LogP contribution in [-0.4, -0.2) is 35.0 Å². The minimum atomic E-state index is -0.915. The summed E-state index contributed by atoms with van der Waals surface area (Å²) in [4.78, 5) is 27.3. The standard InChI is InChI=1S/C20H24N2O4/c1-14-17(15(2)26-21-14)13-18(23)25-19(16-9-5-3-6-10-16)20(24)22-11-7-4-8-12-22/h3,5-6,9-10,19H,4,7-8,11-13H2,1-2H3. The smallest absolute Gasteiger partial charge is 0.311 e. The number of rotatable bonds is 5. The Kier molecular flexibility index (Phi) is 5.71. The van der Waals surface area contributed by atoms with Gasteiger partial charge in [0.1, 0.15) is 5.76 Å². The van der Waals surface area contributed by atoms with Crippen LogP contribution in [0, 0.1) is 13.8 Å². The lowest BCUT2D eigenvalue weighted by Gasteiger charge is -2.30. The van der Waals surface area contributed by atoms with Gasteiger partial charge in [-0.3, -0.25) is 9.59 Å². The lowest BCUT2D eigenvalue weighted by Crippen LogP contribution is -2.40. The Balaban J connectivity index is 1.77. The molecule has 0 radical (unpaired) electrons. The molecule has 1 aliphatic rings. The summed E-state index contributed by atoms with van der Waals surface area (Å²) >= 11 is 0. The minimum absolute atomic E-state index is 0.0395. The fourth-order valence-corrected chi connectivity index (χ4v) is 3.24. The molecule has 0 bridgehead atoms. The van der Waals surface area contributed by atoms with Gasteiger partial charge in [0.25, 0.3) is 5.91 Å². The highest BCUT2D eigenvalue weighted by atomic mass is 16.5. The van der Waals surface area contributed by atoms with Gasteiger partial charge in [0.05, 0.1) is 12.1 Å². The Labute approximate surface area is 153 Å². The molecule has 3 rings (SSSR count). The fraction of sp³-hybridized carbons (Fsp3) is 0.450. The van der Waals surface area contributed by atoms with E-state index in [1.807, 2.05) is 30.3 Å². The molecule has 1 unspecified atom stereocenters. The van der Waals surface area contributed by atoms with Crippen molar-refractivity contribution in [2.24, 2.45) is 0 Å². The number of piperidine rings is 1. The van der Waals surface area contributed by atoms with Crippen molar-refractivity contribution in [2.45, 2.75) is 45.6 Å². The monoisotopic (exact) mass is 356 g/mol. The number of amides is 1.